The maximum absolute atomic E-state index is 8.79. The minimum atomic E-state index is -0.325. The largest absolute Gasteiger partial charge is 0.361 e. The molecule has 1 aromatic rings. The topological polar surface area (TPSA) is 49.2 Å². The fraction of sp³-hybridized carbons (Fsp3) is 0.455. The number of ether oxygens (including phenoxy) is 1. The zero-order valence-electron chi connectivity index (χ0n) is 8.77. The number of rotatable bonds is 2. The summed E-state index contributed by atoms with van der Waals surface area (Å²) in [7, 11) is 0. The highest BCUT2D eigenvalue weighted by Crippen LogP contribution is 2.17. The minimum Gasteiger partial charge on any atom is -0.361 e. The Morgan fingerprint density at radius 2 is 2.56 bits per heavy atom. The Bertz CT molecular complexity index is 404. The van der Waals surface area contributed by atoms with Crippen molar-refractivity contribution in [2.24, 2.45) is 0 Å². The smallest absolute Gasteiger partial charge is 0.156 e. The van der Waals surface area contributed by atoms with Gasteiger partial charge in [-0.15, -0.1) is 0 Å². The van der Waals surface area contributed by atoms with Crippen LogP contribution in [-0.4, -0.2) is 35.7 Å². The third-order valence-electron chi connectivity index (χ3n) is 2.54. The van der Waals surface area contributed by atoms with Crippen LogP contribution in [0.15, 0.2) is 18.5 Å². The predicted molar refractivity (Wildman–Crippen MR) is 59.9 cm³/mol. The molecule has 5 heteroatoms. The van der Waals surface area contributed by atoms with Gasteiger partial charge in [0.15, 0.2) is 6.10 Å². The third-order valence-corrected chi connectivity index (χ3v) is 2.89. The van der Waals surface area contributed by atoms with Crippen molar-refractivity contribution in [2.45, 2.75) is 12.6 Å². The number of hydrogen-bond acceptors (Lipinski definition) is 4. The van der Waals surface area contributed by atoms with Gasteiger partial charge in [0, 0.05) is 32.0 Å². The highest BCUT2D eigenvalue weighted by Gasteiger charge is 2.20. The Morgan fingerprint density at radius 1 is 1.69 bits per heavy atom. The lowest BCUT2D eigenvalue weighted by molar-refractivity contribution is -0.00269. The van der Waals surface area contributed by atoms with Gasteiger partial charge in [0.2, 0.25) is 0 Å². The Morgan fingerprint density at radius 3 is 3.31 bits per heavy atom. The summed E-state index contributed by atoms with van der Waals surface area (Å²) < 4.78 is 5.28. The molecular formula is C11H12ClN3O. The lowest BCUT2D eigenvalue weighted by Crippen LogP contribution is -2.41. The Kier molecular flexibility index (Phi) is 3.73. The van der Waals surface area contributed by atoms with E-state index in [1.165, 1.54) is 0 Å². The number of halogens is 1. The zero-order valence-corrected chi connectivity index (χ0v) is 9.52. The molecule has 0 radical (unpaired) electrons. The van der Waals surface area contributed by atoms with Crippen molar-refractivity contribution in [3.8, 4) is 6.07 Å². The maximum Gasteiger partial charge on any atom is 0.156 e. The van der Waals surface area contributed by atoms with Crippen molar-refractivity contribution in [1.29, 1.82) is 5.26 Å². The van der Waals surface area contributed by atoms with E-state index >= 15 is 0 Å². The van der Waals surface area contributed by atoms with Crippen molar-refractivity contribution in [3.05, 3.63) is 29.0 Å². The quantitative estimate of drug-likeness (QED) is 0.782. The maximum atomic E-state index is 8.79. The fourth-order valence-electron chi connectivity index (χ4n) is 1.70. The van der Waals surface area contributed by atoms with E-state index in [-0.39, 0.29) is 6.10 Å². The second-order valence-corrected chi connectivity index (χ2v) is 4.10. The van der Waals surface area contributed by atoms with Crippen LogP contribution in [0.4, 0.5) is 0 Å². The molecule has 1 aromatic heterocycles. The summed E-state index contributed by atoms with van der Waals surface area (Å²) in [6.07, 6.45) is 3.04. The van der Waals surface area contributed by atoms with Gasteiger partial charge >= 0.3 is 0 Å². The molecule has 1 aliphatic heterocycles. The third kappa shape index (κ3) is 2.70. The molecule has 0 amide bonds. The monoisotopic (exact) mass is 237 g/mol. The van der Waals surface area contributed by atoms with Crippen LogP contribution in [0.25, 0.3) is 0 Å². The van der Waals surface area contributed by atoms with Crippen molar-refractivity contribution in [3.63, 3.8) is 0 Å². The van der Waals surface area contributed by atoms with E-state index < -0.39 is 0 Å². The summed E-state index contributed by atoms with van der Waals surface area (Å²) in [5.41, 5.74) is 1.04. The second kappa shape index (κ2) is 5.26. The van der Waals surface area contributed by atoms with E-state index in [4.69, 9.17) is 21.6 Å². The first kappa shape index (κ1) is 11.3. The molecule has 16 heavy (non-hydrogen) atoms. The Balaban J connectivity index is 2.00. The first-order valence-corrected chi connectivity index (χ1v) is 5.49. The Hall–Kier alpha value is -1.15. The average molecular weight is 238 g/mol. The van der Waals surface area contributed by atoms with E-state index in [0.29, 0.717) is 18.2 Å². The van der Waals surface area contributed by atoms with Gasteiger partial charge in [-0.2, -0.15) is 5.26 Å². The van der Waals surface area contributed by atoms with E-state index in [2.05, 4.69) is 16.0 Å². The fourth-order valence-corrected chi connectivity index (χ4v) is 1.88. The number of morpholine rings is 1. The summed E-state index contributed by atoms with van der Waals surface area (Å²) in [6.45, 7) is 2.80. The lowest BCUT2D eigenvalue weighted by Gasteiger charge is -2.29. The van der Waals surface area contributed by atoms with Crippen molar-refractivity contribution < 1.29 is 4.74 Å². The first-order chi connectivity index (χ1) is 7.79. The van der Waals surface area contributed by atoms with Crippen LogP contribution in [0.3, 0.4) is 0 Å². The van der Waals surface area contributed by atoms with Gasteiger partial charge in [-0.25, -0.2) is 0 Å². The normalized spacial score (nSPS) is 21.6. The number of nitrogens with zero attached hydrogens (tertiary/aromatic N) is 3. The highest BCUT2D eigenvalue weighted by molar-refractivity contribution is 6.31. The van der Waals surface area contributed by atoms with Gasteiger partial charge < -0.3 is 4.74 Å². The second-order valence-electron chi connectivity index (χ2n) is 3.69. The summed E-state index contributed by atoms with van der Waals surface area (Å²) in [5, 5.41) is 9.46. The summed E-state index contributed by atoms with van der Waals surface area (Å²) >= 11 is 6.03. The average Bonchev–Trinajstić information content (AvgIpc) is 2.32. The minimum absolute atomic E-state index is 0.325. The lowest BCUT2D eigenvalue weighted by atomic mass is 10.2. The van der Waals surface area contributed by atoms with Crippen LogP contribution in [0.1, 0.15) is 5.56 Å². The number of hydrogen-bond donors (Lipinski definition) is 0. The molecule has 0 bridgehead atoms. The molecule has 0 aliphatic carbocycles. The van der Waals surface area contributed by atoms with Crippen LogP contribution in [0.2, 0.25) is 5.02 Å². The van der Waals surface area contributed by atoms with Crippen LogP contribution < -0.4 is 0 Å². The number of nitriles is 1. The van der Waals surface area contributed by atoms with E-state index in [1.807, 2.05) is 6.07 Å². The SMILES string of the molecule is N#CC1CN(Cc2ccncc2Cl)CCO1. The van der Waals surface area contributed by atoms with Gasteiger partial charge in [-0.1, -0.05) is 11.6 Å². The Labute approximate surface area is 99.4 Å². The molecule has 84 valence electrons. The molecule has 1 saturated heterocycles. The summed E-state index contributed by atoms with van der Waals surface area (Å²) in [5.74, 6) is 0. The molecule has 2 heterocycles. The highest BCUT2D eigenvalue weighted by atomic mass is 35.5. The van der Waals surface area contributed by atoms with Crippen molar-refractivity contribution >= 4 is 11.6 Å². The molecule has 1 aliphatic rings. The van der Waals surface area contributed by atoms with Crippen LogP contribution in [0.5, 0.6) is 0 Å². The van der Waals surface area contributed by atoms with Crippen molar-refractivity contribution in [2.75, 3.05) is 19.7 Å². The molecule has 1 fully saturated rings. The van der Waals surface area contributed by atoms with Gasteiger partial charge in [0.05, 0.1) is 17.7 Å². The standard InChI is InChI=1S/C11H12ClN3O/c12-11-6-14-2-1-9(11)7-15-3-4-16-10(5-13)8-15/h1-2,6,10H,3-4,7-8H2. The van der Waals surface area contributed by atoms with Gasteiger partial charge in [0.1, 0.15) is 0 Å². The molecule has 1 atom stereocenters. The van der Waals surface area contributed by atoms with E-state index in [1.54, 1.807) is 12.4 Å². The van der Waals surface area contributed by atoms with Crippen LogP contribution in [0, 0.1) is 11.3 Å². The number of aromatic nitrogens is 1. The molecule has 0 N–H and O–H groups in total. The van der Waals surface area contributed by atoms with E-state index in [0.717, 1.165) is 18.7 Å². The number of pyridine rings is 1. The molecule has 0 aromatic carbocycles. The molecular weight excluding hydrogens is 226 g/mol. The molecule has 2 rings (SSSR count). The van der Waals surface area contributed by atoms with Crippen molar-refractivity contribution in [1.82, 2.24) is 9.88 Å². The van der Waals surface area contributed by atoms with E-state index in [9.17, 15) is 0 Å². The predicted octanol–water partition coefficient (Wildman–Crippen LogP) is 1.46. The first-order valence-electron chi connectivity index (χ1n) is 5.11. The zero-order chi connectivity index (χ0) is 11.4. The molecule has 4 nitrogen and oxygen atoms in total. The van der Waals surface area contributed by atoms with Crippen LogP contribution >= 0.6 is 11.6 Å². The molecule has 0 spiro atoms. The van der Waals surface area contributed by atoms with Gasteiger partial charge in [0.25, 0.3) is 0 Å². The molecule has 1 unspecified atom stereocenters. The van der Waals surface area contributed by atoms with Gasteiger partial charge in [-0.3, -0.25) is 9.88 Å². The van der Waals surface area contributed by atoms with Crippen LogP contribution in [-0.2, 0) is 11.3 Å². The molecule has 0 saturated carbocycles. The van der Waals surface area contributed by atoms with Gasteiger partial charge in [-0.05, 0) is 11.6 Å². The summed E-state index contributed by atoms with van der Waals surface area (Å²) in [4.78, 5) is 6.11. The summed E-state index contributed by atoms with van der Waals surface area (Å²) in [6, 6.07) is 4.03.